The summed E-state index contributed by atoms with van der Waals surface area (Å²) in [5.41, 5.74) is 5.03. The Morgan fingerprint density at radius 2 is 2.04 bits per heavy atom. The fraction of sp³-hybridized carbons (Fsp3) is 0.333. The average molecular weight is 340 g/mol. The van der Waals surface area contributed by atoms with Crippen molar-refractivity contribution in [3.05, 3.63) is 34.6 Å². The lowest BCUT2D eigenvalue weighted by Crippen LogP contribution is -2.20. The van der Waals surface area contributed by atoms with Crippen LogP contribution in [0.4, 0.5) is 9.18 Å². The van der Waals surface area contributed by atoms with Crippen LogP contribution in [0.15, 0.2) is 17.5 Å². The van der Waals surface area contributed by atoms with Crippen molar-refractivity contribution in [2.45, 2.75) is 32.8 Å². The Balaban J connectivity index is 2.46. The van der Waals surface area contributed by atoms with Crippen LogP contribution in [0, 0.1) is 5.82 Å². The van der Waals surface area contributed by atoms with Crippen molar-refractivity contribution in [2.24, 2.45) is 5.73 Å². The number of ether oxygens (including phenoxy) is 2. The van der Waals surface area contributed by atoms with Gasteiger partial charge in [-0.25, -0.2) is 14.2 Å². The molecular formula is C15H17FN2O4S. The van der Waals surface area contributed by atoms with Crippen LogP contribution < -0.4 is 15.2 Å². The Hall–Kier alpha value is -2.19. The molecule has 3 N–H and O–H groups in total. The molecule has 0 aliphatic carbocycles. The number of amides is 1. The van der Waals surface area contributed by atoms with Crippen LogP contribution in [0.25, 0.3) is 0 Å². The summed E-state index contributed by atoms with van der Waals surface area (Å²) in [4.78, 5) is 14.9. The van der Waals surface area contributed by atoms with Gasteiger partial charge in [0.15, 0.2) is 11.6 Å². The van der Waals surface area contributed by atoms with Crippen LogP contribution in [-0.4, -0.2) is 16.2 Å². The first kappa shape index (κ1) is 17.2. The quantitative estimate of drug-likeness (QED) is 0.890. The van der Waals surface area contributed by atoms with Crippen molar-refractivity contribution in [2.75, 3.05) is 0 Å². The van der Waals surface area contributed by atoms with E-state index in [4.69, 9.17) is 15.6 Å². The number of carbonyl (C=O) groups is 1. The molecule has 23 heavy (non-hydrogen) atoms. The van der Waals surface area contributed by atoms with Gasteiger partial charge in [0.1, 0.15) is 5.75 Å². The van der Waals surface area contributed by atoms with Gasteiger partial charge in [0.2, 0.25) is 0 Å². The normalized spacial score (nSPS) is 11.3. The number of halogens is 1. The molecule has 1 aromatic heterocycles. The molecule has 0 fully saturated rings. The zero-order valence-electron chi connectivity index (χ0n) is 12.9. The van der Waals surface area contributed by atoms with Gasteiger partial charge >= 0.3 is 6.09 Å². The molecule has 0 atom stereocenters. The van der Waals surface area contributed by atoms with Gasteiger partial charge in [-0.15, -0.1) is 0 Å². The van der Waals surface area contributed by atoms with Crippen molar-refractivity contribution in [1.82, 2.24) is 4.98 Å². The number of aliphatic hydroxyl groups is 1. The monoisotopic (exact) mass is 340 g/mol. The predicted molar refractivity (Wildman–Crippen MR) is 83.4 cm³/mol. The molecule has 0 unspecified atom stereocenters. The minimum absolute atomic E-state index is 0.203. The first-order valence-electron chi connectivity index (χ1n) is 6.75. The molecule has 0 saturated carbocycles. The van der Waals surface area contributed by atoms with Crippen molar-refractivity contribution in [3.8, 4) is 16.7 Å². The summed E-state index contributed by atoms with van der Waals surface area (Å²) in [6.45, 7) is 5.19. The summed E-state index contributed by atoms with van der Waals surface area (Å²) in [6.07, 6.45) is -1.09. The highest BCUT2D eigenvalue weighted by Gasteiger charge is 2.27. The molecule has 124 valence electrons. The zero-order valence-corrected chi connectivity index (χ0v) is 13.7. The third kappa shape index (κ3) is 3.96. The van der Waals surface area contributed by atoms with E-state index in [1.807, 2.05) is 0 Å². The first-order chi connectivity index (χ1) is 10.7. The average Bonchev–Trinajstić information content (AvgIpc) is 2.88. The highest BCUT2D eigenvalue weighted by Crippen LogP contribution is 2.40. The molecule has 0 aliphatic rings. The summed E-state index contributed by atoms with van der Waals surface area (Å²) in [7, 11) is 0. The van der Waals surface area contributed by atoms with Crippen LogP contribution >= 0.6 is 11.3 Å². The topological polar surface area (TPSA) is 94.7 Å². The third-order valence-corrected chi connectivity index (χ3v) is 3.68. The second kappa shape index (κ2) is 6.51. The number of nitrogens with zero attached hydrogens (tertiary/aromatic N) is 1. The third-order valence-electron chi connectivity index (χ3n) is 2.92. The number of hydrogen-bond acceptors (Lipinski definition) is 6. The zero-order chi connectivity index (χ0) is 17.2. The van der Waals surface area contributed by atoms with E-state index in [1.54, 1.807) is 26.2 Å². The molecule has 2 rings (SSSR count). The van der Waals surface area contributed by atoms with Gasteiger partial charge in [-0.3, -0.25) is 0 Å². The maximum Gasteiger partial charge on any atom is 0.410 e. The molecule has 1 aromatic carbocycles. The van der Waals surface area contributed by atoms with Gasteiger partial charge in [0.25, 0.3) is 5.19 Å². The minimum Gasteiger partial charge on any atom is -0.430 e. The van der Waals surface area contributed by atoms with E-state index in [2.05, 4.69) is 9.72 Å². The van der Waals surface area contributed by atoms with E-state index in [1.165, 1.54) is 23.5 Å². The number of primary amides is 1. The smallest absolute Gasteiger partial charge is 0.410 e. The van der Waals surface area contributed by atoms with Crippen LogP contribution in [-0.2, 0) is 12.0 Å². The fourth-order valence-corrected chi connectivity index (χ4v) is 2.68. The molecule has 1 heterocycles. The standard InChI is InChI=1S/C15H17FN2O4S/c1-15(2,3)11-9(22-14-18-8(6-19)7-23-14)4-5-10(12(11)16)21-13(17)20/h4-5,7,19H,6H2,1-3H3,(H2,17,20). The Morgan fingerprint density at radius 1 is 1.39 bits per heavy atom. The number of nitrogens with two attached hydrogens (primary N) is 1. The summed E-state index contributed by atoms with van der Waals surface area (Å²) >= 11 is 1.19. The summed E-state index contributed by atoms with van der Waals surface area (Å²) in [6, 6.07) is 2.76. The van der Waals surface area contributed by atoms with Crippen LogP contribution in [0.1, 0.15) is 32.0 Å². The van der Waals surface area contributed by atoms with E-state index in [0.717, 1.165) is 0 Å². The maximum atomic E-state index is 14.7. The predicted octanol–water partition coefficient (Wildman–Crippen LogP) is 3.32. The first-order valence-corrected chi connectivity index (χ1v) is 7.63. The molecule has 1 amide bonds. The molecular weight excluding hydrogens is 323 g/mol. The molecule has 0 aliphatic heterocycles. The van der Waals surface area contributed by atoms with Crippen LogP contribution in [0.3, 0.4) is 0 Å². The van der Waals surface area contributed by atoms with Gasteiger partial charge in [-0.05, 0) is 17.5 Å². The summed E-state index contributed by atoms with van der Waals surface area (Å²) in [5, 5.41) is 11.0. The minimum atomic E-state index is -1.09. The van der Waals surface area contributed by atoms with Crippen molar-refractivity contribution >= 4 is 17.4 Å². The van der Waals surface area contributed by atoms with Gasteiger partial charge in [-0.2, -0.15) is 0 Å². The largest absolute Gasteiger partial charge is 0.430 e. The Labute approximate surface area is 136 Å². The number of rotatable bonds is 4. The highest BCUT2D eigenvalue weighted by atomic mass is 32.1. The molecule has 2 aromatic rings. The SMILES string of the molecule is CC(C)(C)c1c(Oc2nc(CO)cs2)ccc(OC(N)=O)c1F. The lowest BCUT2D eigenvalue weighted by molar-refractivity contribution is 0.208. The number of aromatic nitrogens is 1. The van der Waals surface area contributed by atoms with E-state index in [9.17, 15) is 9.18 Å². The van der Waals surface area contributed by atoms with E-state index < -0.39 is 17.3 Å². The summed E-state index contributed by atoms with van der Waals surface area (Å²) < 4.78 is 25.0. The number of thiazole rings is 1. The number of benzene rings is 1. The number of aliphatic hydroxyl groups excluding tert-OH is 1. The van der Waals surface area contributed by atoms with E-state index in [0.29, 0.717) is 5.69 Å². The van der Waals surface area contributed by atoms with Crippen LogP contribution in [0.5, 0.6) is 16.7 Å². The highest BCUT2D eigenvalue weighted by molar-refractivity contribution is 7.11. The lowest BCUT2D eigenvalue weighted by Gasteiger charge is -2.23. The molecule has 0 radical (unpaired) electrons. The van der Waals surface area contributed by atoms with E-state index in [-0.39, 0.29) is 28.9 Å². The van der Waals surface area contributed by atoms with Gasteiger partial charge < -0.3 is 20.3 Å². The maximum absolute atomic E-state index is 14.7. The molecule has 0 bridgehead atoms. The van der Waals surface area contributed by atoms with Crippen molar-refractivity contribution in [1.29, 1.82) is 0 Å². The number of carbonyl (C=O) groups excluding carboxylic acids is 1. The fourth-order valence-electron chi connectivity index (χ4n) is 2.01. The molecule has 0 saturated heterocycles. The lowest BCUT2D eigenvalue weighted by atomic mass is 9.85. The molecule has 6 nitrogen and oxygen atoms in total. The second-order valence-corrected chi connectivity index (χ2v) is 6.61. The number of hydrogen-bond donors (Lipinski definition) is 2. The van der Waals surface area contributed by atoms with Crippen LogP contribution in [0.2, 0.25) is 0 Å². The van der Waals surface area contributed by atoms with Gasteiger partial charge in [-0.1, -0.05) is 32.1 Å². The van der Waals surface area contributed by atoms with Gasteiger partial charge in [0.05, 0.1) is 12.3 Å². The van der Waals surface area contributed by atoms with E-state index >= 15 is 0 Å². The van der Waals surface area contributed by atoms with Crippen molar-refractivity contribution in [3.63, 3.8) is 0 Å². The van der Waals surface area contributed by atoms with Gasteiger partial charge in [0, 0.05) is 10.9 Å². The summed E-state index contributed by atoms with van der Waals surface area (Å²) in [5.74, 6) is -0.719. The molecule has 8 heteroatoms. The Kier molecular flexibility index (Phi) is 4.86. The van der Waals surface area contributed by atoms with Crippen molar-refractivity contribution < 1.29 is 23.8 Å². The molecule has 0 spiro atoms. The Morgan fingerprint density at radius 3 is 2.57 bits per heavy atom. The Bertz CT molecular complexity index is 725. The second-order valence-electron chi connectivity index (χ2n) is 5.79.